The molecule has 114 valence electrons. The Kier molecular flexibility index (Phi) is 6.21. The molecule has 0 fully saturated rings. The number of unbranched alkanes of at least 4 members (excludes halogenated alkanes) is 2. The number of sulfonamides is 1. The quantitative estimate of drug-likeness (QED) is 0.560. The number of carboxylic acids is 1. The Morgan fingerprint density at radius 3 is 2.71 bits per heavy atom. The lowest BCUT2D eigenvalue weighted by molar-refractivity contribution is 0.0696. The van der Waals surface area contributed by atoms with Gasteiger partial charge in [-0.15, -0.1) is 12.3 Å². The normalized spacial score (nSPS) is 10.9. The maximum atomic E-state index is 12.2. The molecule has 0 radical (unpaired) electrons. The minimum Gasteiger partial charge on any atom is -0.495 e. The second-order valence-electron chi connectivity index (χ2n) is 4.23. The van der Waals surface area contributed by atoms with Crippen molar-refractivity contribution in [3.63, 3.8) is 0 Å². The predicted octanol–water partition coefficient (Wildman–Crippen LogP) is 1.48. The van der Waals surface area contributed by atoms with E-state index in [-0.39, 0.29) is 22.8 Å². The van der Waals surface area contributed by atoms with E-state index in [9.17, 15) is 13.2 Å². The zero-order valence-corrected chi connectivity index (χ0v) is 12.4. The van der Waals surface area contributed by atoms with Crippen LogP contribution in [0.3, 0.4) is 0 Å². The van der Waals surface area contributed by atoms with Gasteiger partial charge in [0.05, 0.1) is 12.7 Å². The van der Waals surface area contributed by atoms with E-state index >= 15 is 0 Å². The molecule has 1 aromatic carbocycles. The molecule has 1 rings (SSSR count). The van der Waals surface area contributed by atoms with E-state index in [4.69, 9.17) is 16.3 Å². The fraction of sp³-hybridized carbons (Fsp3) is 0.357. The van der Waals surface area contributed by atoms with Crippen molar-refractivity contribution in [3.05, 3.63) is 23.8 Å². The lowest BCUT2D eigenvalue weighted by Gasteiger charge is -2.11. The third kappa shape index (κ3) is 4.77. The molecular weight excluding hydrogens is 294 g/mol. The van der Waals surface area contributed by atoms with E-state index in [0.29, 0.717) is 19.3 Å². The fourth-order valence-corrected chi connectivity index (χ4v) is 2.92. The standard InChI is InChI=1S/C14H17NO5S/c1-3-4-5-6-9-15-21(18,19)13-10-11(14(16)17)7-8-12(13)20-2/h1,7-8,10,15H,4-6,9H2,2H3,(H,16,17). The number of nitrogens with one attached hydrogen (secondary N) is 1. The highest BCUT2D eigenvalue weighted by atomic mass is 32.2. The molecule has 0 amide bonds. The first-order valence-corrected chi connectivity index (χ1v) is 7.75. The number of benzene rings is 1. The highest BCUT2D eigenvalue weighted by Gasteiger charge is 2.21. The number of terminal acetylenes is 1. The summed E-state index contributed by atoms with van der Waals surface area (Å²) in [5.41, 5.74) is -0.122. The van der Waals surface area contributed by atoms with E-state index in [1.807, 2.05) is 0 Å². The van der Waals surface area contributed by atoms with Crippen molar-refractivity contribution < 1.29 is 23.1 Å². The minimum absolute atomic E-state index is 0.0936. The van der Waals surface area contributed by atoms with E-state index in [1.165, 1.54) is 19.2 Å². The van der Waals surface area contributed by atoms with Crippen LogP contribution in [-0.4, -0.2) is 33.1 Å². The number of aromatic carboxylic acids is 1. The summed E-state index contributed by atoms with van der Waals surface area (Å²) in [6.07, 6.45) is 7.01. The number of hydrogen-bond donors (Lipinski definition) is 2. The van der Waals surface area contributed by atoms with Gasteiger partial charge in [0.15, 0.2) is 0 Å². The van der Waals surface area contributed by atoms with Crippen LogP contribution in [0.1, 0.15) is 29.6 Å². The molecular formula is C14H17NO5S. The topological polar surface area (TPSA) is 92.7 Å². The van der Waals surface area contributed by atoms with Gasteiger partial charge in [-0.2, -0.15) is 0 Å². The van der Waals surface area contributed by atoms with Crippen LogP contribution in [0.4, 0.5) is 0 Å². The first-order valence-electron chi connectivity index (χ1n) is 6.27. The third-order valence-corrected chi connectivity index (χ3v) is 4.22. The molecule has 0 aliphatic carbocycles. The molecule has 0 atom stereocenters. The second-order valence-corrected chi connectivity index (χ2v) is 5.97. The molecule has 0 saturated carbocycles. The average molecular weight is 311 g/mol. The van der Waals surface area contributed by atoms with Gasteiger partial charge in [-0.05, 0) is 31.0 Å². The first kappa shape index (κ1) is 17.0. The van der Waals surface area contributed by atoms with Gasteiger partial charge >= 0.3 is 5.97 Å². The molecule has 0 heterocycles. The highest BCUT2D eigenvalue weighted by molar-refractivity contribution is 7.89. The van der Waals surface area contributed by atoms with Crippen molar-refractivity contribution in [2.75, 3.05) is 13.7 Å². The molecule has 0 aliphatic rings. The lowest BCUT2D eigenvalue weighted by atomic mass is 10.2. The maximum absolute atomic E-state index is 12.2. The van der Waals surface area contributed by atoms with Crippen molar-refractivity contribution >= 4 is 16.0 Å². The van der Waals surface area contributed by atoms with Crippen molar-refractivity contribution in [2.24, 2.45) is 0 Å². The summed E-state index contributed by atoms with van der Waals surface area (Å²) in [5, 5.41) is 8.94. The molecule has 0 unspecified atom stereocenters. The Morgan fingerprint density at radius 2 is 2.14 bits per heavy atom. The maximum Gasteiger partial charge on any atom is 0.335 e. The fourth-order valence-electron chi connectivity index (χ4n) is 1.66. The Hall–Kier alpha value is -2.04. The van der Waals surface area contributed by atoms with Crippen LogP contribution >= 0.6 is 0 Å². The molecule has 7 heteroatoms. The van der Waals surface area contributed by atoms with Crippen molar-refractivity contribution in [1.29, 1.82) is 0 Å². The summed E-state index contributed by atoms with van der Waals surface area (Å²) in [4.78, 5) is 10.7. The zero-order valence-electron chi connectivity index (χ0n) is 11.6. The molecule has 0 aromatic heterocycles. The second kappa shape index (κ2) is 7.67. The van der Waals surface area contributed by atoms with Crippen molar-refractivity contribution in [1.82, 2.24) is 4.72 Å². The number of rotatable bonds is 8. The molecule has 6 nitrogen and oxygen atoms in total. The van der Waals surface area contributed by atoms with Crippen LogP contribution in [0.5, 0.6) is 5.75 Å². The smallest absolute Gasteiger partial charge is 0.335 e. The van der Waals surface area contributed by atoms with Crippen LogP contribution in [0.2, 0.25) is 0 Å². The van der Waals surface area contributed by atoms with Gasteiger partial charge < -0.3 is 9.84 Å². The molecule has 0 bridgehead atoms. The third-order valence-electron chi connectivity index (χ3n) is 2.74. The summed E-state index contributed by atoms with van der Waals surface area (Å²) in [6.45, 7) is 0.227. The average Bonchev–Trinajstić information content (AvgIpc) is 2.46. The number of ether oxygens (including phenoxy) is 1. The van der Waals surface area contributed by atoms with Crippen LogP contribution in [0.15, 0.2) is 23.1 Å². The van der Waals surface area contributed by atoms with Gasteiger partial charge in [0.2, 0.25) is 10.0 Å². The largest absolute Gasteiger partial charge is 0.495 e. The number of carbonyl (C=O) groups is 1. The van der Waals surface area contributed by atoms with E-state index < -0.39 is 16.0 Å². The van der Waals surface area contributed by atoms with Crippen LogP contribution in [0, 0.1) is 12.3 Å². The predicted molar refractivity (Wildman–Crippen MR) is 77.8 cm³/mol. The Bertz CT molecular complexity index is 646. The summed E-state index contributed by atoms with van der Waals surface area (Å²) in [6, 6.07) is 3.68. The first-order chi connectivity index (χ1) is 9.92. The van der Waals surface area contributed by atoms with E-state index in [2.05, 4.69) is 10.6 Å². The lowest BCUT2D eigenvalue weighted by Crippen LogP contribution is -2.25. The zero-order chi connectivity index (χ0) is 15.9. The molecule has 0 saturated heterocycles. The minimum atomic E-state index is -3.84. The van der Waals surface area contributed by atoms with Crippen molar-refractivity contribution in [2.45, 2.75) is 24.2 Å². The molecule has 0 aliphatic heterocycles. The van der Waals surface area contributed by atoms with Crippen LogP contribution < -0.4 is 9.46 Å². The summed E-state index contributed by atoms with van der Waals surface area (Å²) >= 11 is 0. The Labute approximate surface area is 124 Å². The van der Waals surface area contributed by atoms with Gasteiger partial charge in [-0.1, -0.05) is 0 Å². The monoisotopic (exact) mass is 311 g/mol. The SMILES string of the molecule is C#CCCCCNS(=O)(=O)c1cc(C(=O)O)ccc1OC. The van der Waals surface area contributed by atoms with Gasteiger partial charge in [0.1, 0.15) is 10.6 Å². The van der Waals surface area contributed by atoms with Crippen molar-refractivity contribution in [3.8, 4) is 18.1 Å². The van der Waals surface area contributed by atoms with Crippen LogP contribution in [0.25, 0.3) is 0 Å². The number of hydrogen-bond acceptors (Lipinski definition) is 4. The van der Waals surface area contributed by atoms with E-state index in [0.717, 1.165) is 6.07 Å². The van der Waals surface area contributed by atoms with Gasteiger partial charge in [0.25, 0.3) is 0 Å². The van der Waals surface area contributed by atoms with Crippen LogP contribution in [-0.2, 0) is 10.0 Å². The molecule has 1 aromatic rings. The number of carboxylic acid groups (broad SMARTS) is 1. The highest BCUT2D eigenvalue weighted by Crippen LogP contribution is 2.24. The molecule has 0 spiro atoms. The Balaban J connectivity index is 2.93. The number of methoxy groups -OCH3 is 1. The van der Waals surface area contributed by atoms with E-state index in [1.54, 1.807) is 0 Å². The van der Waals surface area contributed by atoms with Gasteiger partial charge in [0, 0.05) is 13.0 Å². The van der Waals surface area contributed by atoms with Gasteiger partial charge in [-0.25, -0.2) is 17.9 Å². The summed E-state index contributed by atoms with van der Waals surface area (Å²) in [7, 11) is -2.52. The Morgan fingerprint density at radius 1 is 1.43 bits per heavy atom. The molecule has 2 N–H and O–H groups in total. The summed E-state index contributed by atoms with van der Waals surface area (Å²) < 4.78 is 31.8. The van der Waals surface area contributed by atoms with Gasteiger partial charge in [-0.3, -0.25) is 0 Å². The molecule has 21 heavy (non-hydrogen) atoms. The summed E-state index contributed by atoms with van der Waals surface area (Å²) in [5.74, 6) is 1.36.